The first kappa shape index (κ1) is 14.0. The van der Waals surface area contributed by atoms with Crippen molar-refractivity contribution in [2.24, 2.45) is 0 Å². The molecule has 0 spiro atoms. The van der Waals surface area contributed by atoms with Crippen LogP contribution in [0.1, 0.15) is 5.56 Å². The zero-order valence-electron chi connectivity index (χ0n) is 10.0. The predicted octanol–water partition coefficient (Wildman–Crippen LogP) is 3.70. The van der Waals surface area contributed by atoms with Crippen LogP contribution in [0.3, 0.4) is 0 Å². The van der Waals surface area contributed by atoms with Crippen molar-refractivity contribution in [2.45, 2.75) is 5.92 Å². The van der Waals surface area contributed by atoms with Crippen molar-refractivity contribution in [3.05, 3.63) is 65.7 Å². The van der Waals surface area contributed by atoms with E-state index in [0.29, 0.717) is 18.2 Å². The van der Waals surface area contributed by atoms with Crippen LogP contribution in [0.15, 0.2) is 48.5 Å². The third-order valence-corrected chi connectivity index (χ3v) is 2.54. The van der Waals surface area contributed by atoms with Crippen LogP contribution in [0.4, 0.5) is 23.2 Å². The Kier molecular flexibility index (Phi) is 3.74. The molecule has 20 heavy (non-hydrogen) atoms. The third kappa shape index (κ3) is 2.96. The molecule has 0 unspecified atom stereocenters. The number of carbonyl (C=O) groups is 1. The molecule has 0 aliphatic heterocycles. The highest BCUT2D eigenvalue weighted by Gasteiger charge is 2.41. The second-order valence-electron chi connectivity index (χ2n) is 4.05. The number of amides is 1. The van der Waals surface area contributed by atoms with Gasteiger partial charge in [-0.1, -0.05) is 18.2 Å². The Morgan fingerprint density at radius 3 is 2.05 bits per heavy atom. The summed E-state index contributed by atoms with van der Waals surface area (Å²) in [7, 11) is 0. The molecular weight excluding hydrogens is 274 g/mol. The van der Waals surface area contributed by atoms with Crippen LogP contribution in [0.5, 0.6) is 0 Å². The Hall–Kier alpha value is -2.37. The fourth-order valence-corrected chi connectivity index (χ4v) is 1.60. The fourth-order valence-electron chi connectivity index (χ4n) is 1.60. The molecule has 2 rings (SSSR count). The molecule has 0 radical (unpaired) electrons. The largest absolute Gasteiger partial charge is 0.350 e. The minimum Gasteiger partial charge on any atom is -0.321 e. The quantitative estimate of drug-likeness (QED) is 0.855. The van der Waals surface area contributed by atoms with Crippen LogP contribution in [-0.2, 0) is 10.7 Å². The summed E-state index contributed by atoms with van der Waals surface area (Å²) in [6.45, 7) is 0. The number of hydrogen-bond acceptors (Lipinski definition) is 1. The number of carbonyl (C=O) groups excluding carboxylic acids is 1. The summed E-state index contributed by atoms with van der Waals surface area (Å²) in [5.74, 6) is -8.05. The van der Waals surface area contributed by atoms with E-state index < -0.39 is 29.0 Å². The van der Waals surface area contributed by atoms with Gasteiger partial charge < -0.3 is 5.32 Å². The fraction of sp³-hybridized carbons (Fsp3) is 0.0714. The van der Waals surface area contributed by atoms with E-state index in [-0.39, 0.29) is 5.69 Å². The van der Waals surface area contributed by atoms with Crippen molar-refractivity contribution in [2.75, 3.05) is 5.32 Å². The first-order valence-electron chi connectivity index (χ1n) is 5.60. The molecule has 0 fully saturated rings. The smallest absolute Gasteiger partial charge is 0.321 e. The highest BCUT2D eigenvalue weighted by molar-refractivity contribution is 5.96. The Morgan fingerprint density at radius 2 is 1.50 bits per heavy atom. The van der Waals surface area contributed by atoms with Gasteiger partial charge in [0, 0.05) is 17.3 Å². The van der Waals surface area contributed by atoms with Gasteiger partial charge in [-0.05, 0) is 24.3 Å². The third-order valence-electron chi connectivity index (χ3n) is 2.54. The first-order chi connectivity index (χ1) is 9.39. The minimum atomic E-state index is -4.04. The summed E-state index contributed by atoms with van der Waals surface area (Å²) in [6, 6.07) is 8.89. The molecule has 6 heteroatoms. The van der Waals surface area contributed by atoms with E-state index in [1.54, 1.807) is 18.2 Å². The number of alkyl halides is 2. The van der Waals surface area contributed by atoms with Crippen molar-refractivity contribution in [1.29, 1.82) is 0 Å². The predicted molar refractivity (Wildman–Crippen MR) is 65.3 cm³/mol. The number of hydrogen-bond donors (Lipinski definition) is 1. The van der Waals surface area contributed by atoms with Gasteiger partial charge in [0.05, 0.1) is 0 Å². The molecule has 104 valence electrons. The second-order valence-corrected chi connectivity index (χ2v) is 4.05. The average Bonchev–Trinajstić information content (AvgIpc) is 2.38. The SMILES string of the molecule is O=C(Nc1ccccc1)C(F)(F)c1cc(F)cc(F)c1. The van der Waals surface area contributed by atoms with Gasteiger partial charge in [-0.3, -0.25) is 4.79 Å². The monoisotopic (exact) mass is 283 g/mol. The van der Waals surface area contributed by atoms with Crippen LogP contribution in [-0.4, -0.2) is 5.91 Å². The van der Waals surface area contributed by atoms with Gasteiger partial charge in [0.1, 0.15) is 11.6 Å². The first-order valence-corrected chi connectivity index (χ1v) is 5.60. The molecule has 2 aromatic carbocycles. The summed E-state index contributed by atoms with van der Waals surface area (Å²) < 4.78 is 53.6. The van der Waals surface area contributed by atoms with E-state index in [1.807, 2.05) is 5.32 Å². The normalized spacial score (nSPS) is 11.2. The standard InChI is InChI=1S/C14H9F4NO/c15-10-6-9(7-11(16)8-10)14(17,18)13(20)19-12-4-2-1-3-5-12/h1-8H,(H,19,20). The van der Waals surface area contributed by atoms with E-state index in [2.05, 4.69) is 0 Å². The maximum Gasteiger partial charge on any atom is 0.350 e. The lowest BCUT2D eigenvalue weighted by Gasteiger charge is -2.16. The molecule has 0 heterocycles. The van der Waals surface area contributed by atoms with Crippen LogP contribution < -0.4 is 5.32 Å². The van der Waals surface area contributed by atoms with Crippen LogP contribution in [0.25, 0.3) is 0 Å². The molecule has 0 atom stereocenters. The van der Waals surface area contributed by atoms with Crippen molar-refractivity contribution in [3.63, 3.8) is 0 Å². The number of halogens is 4. The summed E-state index contributed by atoms with van der Waals surface area (Å²) in [4.78, 5) is 11.6. The number of para-hydroxylation sites is 1. The maximum absolute atomic E-state index is 13.8. The molecule has 1 amide bonds. The number of benzene rings is 2. The van der Waals surface area contributed by atoms with Gasteiger partial charge in [-0.2, -0.15) is 8.78 Å². The highest BCUT2D eigenvalue weighted by Crippen LogP contribution is 2.30. The van der Waals surface area contributed by atoms with E-state index in [4.69, 9.17) is 0 Å². The minimum absolute atomic E-state index is 0.161. The van der Waals surface area contributed by atoms with Gasteiger partial charge in [-0.25, -0.2) is 8.78 Å². The Balaban J connectivity index is 2.27. The molecule has 2 nitrogen and oxygen atoms in total. The molecular formula is C14H9F4NO. The molecule has 1 N–H and O–H groups in total. The lowest BCUT2D eigenvalue weighted by Crippen LogP contribution is -2.32. The Labute approximate surface area is 112 Å². The molecule has 0 saturated heterocycles. The summed E-state index contributed by atoms with van der Waals surface area (Å²) >= 11 is 0. The molecule has 0 aliphatic rings. The Bertz CT molecular complexity index is 608. The highest BCUT2D eigenvalue weighted by atomic mass is 19.3. The lowest BCUT2D eigenvalue weighted by molar-refractivity contribution is -0.141. The van der Waals surface area contributed by atoms with Crippen molar-refractivity contribution in [1.82, 2.24) is 0 Å². The summed E-state index contributed by atoms with van der Waals surface area (Å²) in [5.41, 5.74) is -0.877. The van der Waals surface area contributed by atoms with Crippen LogP contribution in [0.2, 0.25) is 0 Å². The van der Waals surface area contributed by atoms with Crippen molar-refractivity contribution in [3.8, 4) is 0 Å². The van der Waals surface area contributed by atoms with Gasteiger partial charge in [0.15, 0.2) is 0 Å². The average molecular weight is 283 g/mol. The molecule has 0 aromatic heterocycles. The zero-order valence-corrected chi connectivity index (χ0v) is 10.0. The Morgan fingerprint density at radius 1 is 0.950 bits per heavy atom. The van der Waals surface area contributed by atoms with Gasteiger partial charge in [0.2, 0.25) is 0 Å². The van der Waals surface area contributed by atoms with E-state index in [9.17, 15) is 22.4 Å². The molecule has 0 aliphatic carbocycles. The molecule has 2 aromatic rings. The summed E-state index contributed by atoms with van der Waals surface area (Å²) in [6.07, 6.45) is 0. The van der Waals surface area contributed by atoms with Crippen molar-refractivity contribution < 1.29 is 22.4 Å². The van der Waals surface area contributed by atoms with Crippen molar-refractivity contribution >= 4 is 11.6 Å². The number of rotatable bonds is 3. The molecule has 0 bridgehead atoms. The zero-order chi connectivity index (χ0) is 14.8. The number of anilines is 1. The van der Waals surface area contributed by atoms with Crippen LogP contribution in [0, 0.1) is 11.6 Å². The maximum atomic E-state index is 13.8. The van der Waals surface area contributed by atoms with Crippen LogP contribution >= 0.6 is 0 Å². The summed E-state index contributed by atoms with van der Waals surface area (Å²) in [5, 5.41) is 1.99. The van der Waals surface area contributed by atoms with Gasteiger partial charge in [0.25, 0.3) is 5.91 Å². The van der Waals surface area contributed by atoms with Gasteiger partial charge in [-0.15, -0.1) is 0 Å². The van der Waals surface area contributed by atoms with E-state index >= 15 is 0 Å². The van der Waals surface area contributed by atoms with E-state index in [1.165, 1.54) is 12.1 Å². The van der Waals surface area contributed by atoms with Gasteiger partial charge >= 0.3 is 5.92 Å². The lowest BCUT2D eigenvalue weighted by atomic mass is 10.1. The number of nitrogens with one attached hydrogen (secondary N) is 1. The second kappa shape index (κ2) is 5.32. The van der Waals surface area contributed by atoms with E-state index in [0.717, 1.165) is 0 Å². The molecule has 0 saturated carbocycles. The topological polar surface area (TPSA) is 29.1 Å².